The molecule has 0 aliphatic rings. The number of methoxy groups -OCH3 is 1. The number of rotatable bonds is 5. The van der Waals surface area contributed by atoms with Crippen LogP contribution in [0.25, 0.3) is 0 Å². The lowest BCUT2D eigenvalue weighted by atomic mass is 9.79. The van der Waals surface area contributed by atoms with Gasteiger partial charge in [-0.2, -0.15) is 0 Å². The van der Waals surface area contributed by atoms with Crippen LogP contribution in [0.15, 0.2) is 22.7 Å². The molecule has 5 heteroatoms. The van der Waals surface area contributed by atoms with Crippen LogP contribution in [0.1, 0.15) is 18.9 Å². The van der Waals surface area contributed by atoms with Crippen molar-refractivity contribution in [2.45, 2.75) is 18.8 Å². The van der Waals surface area contributed by atoms with Crippen LogP contribution in [0.2, 0.25) is 0 Å². The lowest BCUT2D eigenvalue weighted by Crippen LogP contribution is -2.34. The van der Waals surface area contributed by atoms with E-state index in [4.69, 9.17) is 9.84 Å². The summed E-state index contributed by atoms with van der Waals surface area (Å²) in [4.78, 5) is 11.4. The van der Waals surface area contributed by atoms with E-state index in [2.05, 4.69) is 15.9 Å². The van der Waals surface area contributed by atoms with Crippen LogP contribution < -0.4 is 4.74 Å². The van der Waals surface area contributed by atoms with Crippen molar-refractivity contribution >= 4 is 21.9 Å². The highest BCUT2D eigenvalue weighted by Gasteiger charge is 2.37. The van der Waals surface area contributed by atoms with Crippen molar-refractivity contribution in [3.05, 3.63) is 28.2 Å². The molecular formula is C12H15BrO4. The maximum atomic E-state index is 11.4. The van der Waals surface area contributed by atoms with Crippen molar-refractivity contribution in [3.63, 3.8) is 0 Å². The topological polar surface area (TPSA) is 66.8 Å². The molecule has 1 unspecified atom stereocenters. The first-order chi connectivity index (χ1) is 7.95. The van der Waals surface area contributed by atoms with Gasteiger partial charge in [-0.05, 0) is 31.5 Å². The molecule has 0 fully saturated rings. The summed E-state index contributed by atoms with van der Waals surface area (Å²) in [5, 5.41) is 18.4. The Morgan fingerprint density at radius 2 is 2.18 bits per heavy atom. The average molecular weight is 303 g/mol. The molecule has 17 heavy (non-hydrogen) atoms. The van der Waals surface area contributed by atoms with E-state index in [1.54, 1.807) is 25.1 Å². The molecule has 0 aromatic heterocycles. The smallest absolute Gasteiger partial charge is 0.314 e. The van der Waals surface area contributed by atoms with E-state index >= 15 is 0 Å². The van der Waals surface area contributed by atoms with E-state index in [1.807, 2.05) is 0 Å². The van der Waals surface area contributed by atoms with Crippen LogP contribution >= 0.6 is 15.9 Å². The quantitative estimate of drug-likeness (QED) is 0.875. The number of ether oxygens (including phenoxy) is 1. The summed E-state index contributed by atoms with van der Waals surface area (Å²) in [5.41, 5.74) is -0.611. The van der Waals surface area contributed by atoms with Gasteiger partial charge in [-0.15, -0.1) is 0 Å². The van der Waals surface area contributed by atoms with Crippen molar-refractivity contribution in [1.29, 1.82) is 0 Å². The van der Waals surface area contributed by atoms with Crippen LogP contribution in [-0.2, 0) is 10.2 Å². The monoisotopic (exact) mass is 302 g/mol. The van der Waals surface area contributed by atoms with Gasteiger partial charge >= 0.3 is 5.97 Å². The molecule has 0 spiro atoms. The zero-order valence-electron chi connectivity index (χ0n) is 9.74. The van der Waals surface area contributed by atoms with Gasteiger partial charge in [0.15, 0.2) is 0 Å². The lowest BCUT2D eigenvalue weighted by Gasteiger charge is -2.26. The highest BCUT2D eigenvalue weighted by atomic mass is 79.9. The first-order valence-electron chi connectivity index (χ1n) is 5.14. The minimum Gasteiger partial charge on any atom is -0.496 e. The number of aliphatic hydroxyl groups excluding tert-OH is 1. The van der Waals surface area contributed by atoms with Crippen LogP contribution in [0.3, 0.4) is 0 Å². The Bertz CT molecular complexity index is 419. The Morgan fingerprint density at radius 3 is 2.65 bits per heavy atom. The number of hydrogen-bond donors (Lipinski definition) is 2. The van der Waals surface area contributed by atoms with E-state index in [0.717, 1.165) is 4.47 Å². The predicted octanol–water partition coefficient (Wildman–Crippen LogP) is 2.18. The maximum Gasteiger partial charge on any atom is 0.314 e. The zero-order valence-corrected chi connectivity index (χ0v) is 11.3. The molecule has 0 aliphatic heterocycles. The molecule has 0 aliphatic carbocycles. The Labute approximate surface area is 108 Å². The second kappa shape index (κ2) is 5.51. The minimum atomic E-state index is -1.16. The van der Waals surface area contributed by atoms with Crippen molar-refractivity contribution in [2.75, 3.05) is 13.7 Å². The third-order valence-electron chi connectivity index (χ3n) is 2.84. The number of carboxylic acids is 1. The lowest BCUT2D eigenvalue weighted by molar-refractivity contribution is -0.143. The second-order valence-corrected chi connectivity index (χ2v) is 4.87. The van der Waals surface area contributed by atoms with Gasteiger partial charge < -0.3 is 14.9 Å². The van der Waals surface area contributed by atoms with Crippen molar-refractivity contribution < 1.29 is 19.7 Å². The first kappa shape index (κ1) is 14.0. The zero-order chi connectivity index (χ0) is 13.1. The summed E-state index contributed by atoms with van der Waals surface area (Å²) in [6.45, 7) is 1.38. The van der Waals surface area contributed by atoms with Gasteiger partial charge in [0, 0.05) is 16.6 Å². The van der Waals surface area contributed by atoms with Gasteiger partial charge in [0.2, 0.25) is 0 Å². The molecule has 0 amide bonds. The van der Waals surface area contributed by atoms with Gasteiger partial charge in [0.05, 0.1) is 12.5 Å². The first-order valence-corrected chi connectivity index (χ1v) is 5.93. The fourth-order valence-corrected chi connectivity index (χ4v) is 2.05. The van der Waals surface area contributed by atoms with E-state index < -0.39 is 11.4 Å². The molecule has 0 heterocycles. The molecule has 1 rings (SSSR count). The molecule has 1 atom stereocenters. The highest BCUT2D eigenvalue weighted by Crippen LogP contribution is 2.36. The van der Waals surface area contributed by atoms with Crippen molar-refractivity contribution in [2.24, 2.45) is 0 Å². The number of aliphatic hydroxyl groups is 1. The highest BCUT2D eigenvalue weighted by molar-refractivity contribution is 9.10. The third-order valence-corrected chi connectivity index (χ3v) is 3.33. The van der Waals surface area contributed by atoms with Crippen molar-refractivity contribution in [3.8, 4) is 5.75 Å². The van der Waals surface area contributed by atoms with Gasteiger partial charge in [-0.1, -0.05) is 15.9 Å². The largest absolute Gasteiger partial charge is 0.496 e. The predicted molar refractivity (Wildman–Crippen MR) is 67.4 cm³/mol. The number of aliphatic carboxylic acids is 1. The molecule has 0 radical (unpaired) electrons. The van der Waals surface area contributed by atoms with Gasteiger partial charge in [0.25, 0.3) is 0 Å². The molecule has 1 aromatic rings. The normalized spacial score (nSPS) is 14.1. The van der Waals surface area contributed by atoms with Crippen LogP contribution in [-0.4, -0.2) is 29.9 Å². The number of benzene rings is 1. The van der Waals surface area contributed by atoms with E-state index in [1.165, 1.54) is 7.11 Å². The van der Waals surface area contributed by atoms with Crippen LogP contribution in [0.4, 0.5) is 0 Å². The average Bonchev–Trinajstić information content (AvgIpc) is 2.29. The van der Waals surface area contributed by atoms with Gasteiger partial charge in [-0.3, -0.25) is 4.79 Å². The summed E-state index contributed by atoms with van der Waals surface area (Å²) >= 11 is 3.31. The van der Waals surface area contributed by atoms with E-state index in [0.29, 0.717) is 11.3 Å². The number of hydrogen-bond acceptors (Lipinski definition) is 3. The summed E-state index contributed by atoms with van der Waals surface area (Å²) in [7, 11) is 1.49. The molecule has 0 saturated heterocycles. The molecule has 0 bridgehead atoms. The fraction of sp³-hybridized carbons (Fsp3) is 0.417. The Kier molecular flexibility index (Phi) is 4.54. The van der Waals surface area contributed by atoms with Crippen molar-refractivity contribution in [1.82, 2.24) is 0 Å². The summed E-state index contributed by atoms with van der Waals surface area (Å²) in [6.07, 6.45) is 0.134. The molecule has 4 nitrogen and oxygen atoms in total. The molecule has 1 aromatic carbocycles. The number of halogens is 1. The number of carbonyl (C=O) groups is 1. The standard InChI is InChI=1S/C12H15BrO4/c1-12(5-6-14,11(15)16)9-7-8(13)3-4-10(9)17-2/h3-4,7,14H,5-6H2,1-2H3,(H,15,16). The Morgan fingerprint density at radius 1 is 1.53 bits per heavy atom. The maximum absolute atomic E-state index is 11.4. The molecule has 2 N–H and O–H groups in total. The SMILES string of the molecule is COc1ccc(Br)cc1C(C)(CCO)C(=O)O. The van der Waals surface area contributed by atoms with Gasteiger partial charge in [0.1, 0.15) is 5.75 Å². The summed E-state index contributed by atoms with van der Waals surface area (Å²) in [6, 6.07) is 5.20. The second-order valence-electron chi connectivity index (χ2n) is 3.96. The fourth-order valence-electron chi connectivity index (χ4n) is 1.69. The Hall–Kier alpha value is -1.07. The van der Waals surface area contributed by atoms with Crippen LogP contribution in [0.5, 0.6) is 5.75 Å². The third kappa shape index (κ3) is 2.79. The van der Waals surface area contributed by atoms with Crippen LogP contribution in [0, 0.1) is 0 Å². The molecule has 94 valence electrons. The molecule has 0 saturated carbocycles. The summed E-state index contributed by atoms with van der Waals surface area (Å²) < 4.78 is 5.95. The van der Waals surface area contributed by atoms with E-state index in [-0.39, 0.29) is 13.0 Å². The van der Waals surface area contributed by atoms with E-state index in [9.17, 15) is 9.90 Å². The summed E-state index contributed by atoms with van der Waals surface area (Å²) in [5.74, 6) is -0.477. The Balaban J connectivity index is 3.36. The minimum absolute atomic E-state index is 0.134. The van der Waals surface area contributed by atoms with Gasteiger partial charge in [-0.25, -0.2) is 0 Å². The number of carboxylic acid groups (broad SMARTS) is 1. The molecular weight excluding hydrogens is 288 g/mol.